The van der Waals surface area contributed by atoms with E-state index in [2.05, 4.69) is 4.98 Å². The van der Waals surface area contributed by atoms with Gasteiger partial charge in [0, 0.05) is 24.1 Å². The lowest BCUT2D eigenvalue weighted by Crippen LogP contribution is -2.35. The van der Waals surface area contributed by atoms with Crippen molar-refractivity contribution in [3.05, 3.63) is 68.0 Å². The monoisotopic (exact) mass is 399 g/mol. The number of aldehydes is 1. The van der Waals surface area contributed by atoms with Crippen molar-refractivity contribution < 1.29 is 24.0 Å². The molecule has 4 rings (SSSR count). The molecule has 2 aromatic rings. The molecule has 1 fully saturated rings. The molecule has 0 radical (unpaired) electrons. The highest BCUT2D eigenvalue weighted by Gasteiger charge is 2.40. The molecule has 1 aromatic carbocycles. The molecular weight excluding hydrogens is 382 g/mol. The van der Waals surface area contributed by atoms with E-state index in [1.807, 2.05) is 0 Å². The van der Waals surface area contributed by atoms with Gasteiger partial charge in [0.05, 0.1) is 17.2 Å². The number of benzene rings is 1. The maximum Gasteiger partial charge on any atom is 0.330 e. The Bertz CT molecular complexity index is 1080. The first kappa shape index (κ1) is 19.0. The second-order valence-electron chi connectivity index (χ2n) is 6.89. The zero-order chi connectivity index (χ0) is 20.7. The summed E-state index contributed by atoms with van der Waals surface area (Å²) in [7, 11) is 0. The van der Waals surface area contributed by atoms with Crippen molar-refractivity contribution in [1.82, 2.24) is 14.6 Å². The lowest BCUT2D eigenvalue weighted by atomic mass is 10.0. The predicted octanol–water partition coefficient (Wildman–Crippen LogP) is 0.175. The first-order valence-electron chi connectivity index (χ1n) is 8.94. The van der Waals surface area contributed by atoms with Crippen LogP contribution in [0.5, 0.6) is 0 Å². The van der Waals surface area contributed by atoms with Crippen molar-refractivity contribution in [2.24, 2.45) is 5.92 Å². The van der Waals surface area contributed by atoms with Gasteiger partial charge in [0.25, 0.3) is 17.4 Å². The van der Waals surface area contributed by atoms with Crippen LogP contribution >= 0.6 is 0 Å². The molecule has 150 valence electrons. The Morgan fingerprint density at radius 1 is 1.17 bits per heavy atom. The van der Waals surface area contributed by atoms with Gasteiger partial charge in [-0.05, 0) is 19.1 Å². The molecule has 2 amide bonds. The van der Waals surface area contributed by atoms with E-state index in [1.54, 1.807) is 19.1 Å². The average Bonchev–Trinajstić information content (AvgIpc) is 3.23. The van der Waals surface area contributed by atoms with Crippen LogP contribution in [0.15, 0.2) is 40.1 Å². The molecule has 10 heteroatoms. The average molecular weight is 399 g/mol. The smallest absolute Gasteiger partial charge is 0.330 e. The Labute approximate surface area is 163 Å². The maximum atomic E-state index is 12.4. The summed E-state index contributed by atoms with van der Waals surface area (Å²) in [5.74, 6) is -1.79. The van der Waals surface area contributed by atoms with Gasteiger partial charge in [0.2, 0.25) is 0 Å². The highest BCUT2D eigenvalue weighted by Crippen LogP contribution is 2.32. The summed E-state index contributed by atoms with van der Waals surface area (Å²) < 4.78 is 6.97. The highest BCUT2D eigenvalue weighted by atomic mass is 16.7. The number of aromatic amines is 1. The molecule has 1 saturated heterocycles. The summed E-state index contributed by atoms with van der Waals surface area (Å²) in [6.07, 6.45) is 0.663. The Balaban J connectivity index is 1.49. The molecule has 0 spiro atoms. The van der Waals surface area contributed by atoms with Crippen molar-refractivity contribution >= 4 is 18.1 Å². The molecule has 0 aliphatic carbocycles. The molecule has 0 bridgehead atoms. The third-order valence-electron chi connectivity index (χ3n) is 5.04. The summed E-state index contributed by atoms with van der Waals surface area (Å²) in [6.45, 7) is 1.31. The predicted molar refractivity (Wildman–Crippen MR) is 97.0 cm³/mol. The minimum absolute atomic E-state index is 0.186. The van der Waals surface area contributed by atoms with Gasteiger partial charge < -0.3 is 9.53 Å². The number of hydrogen-bond donors (Lipinski definition) is 1. The van der Waals surface area contributed by atoms with Crippen LogP contribution < -0.4 is 11.2 Å². The number of aromatic nitrogens is 2. The molecule has 29 heavy (non-hydrogen) atoms. The first-order valence-corrected chi connectivity index (χ1v) is 8.94. The molecular formula is C19H17N3O7. The lowest BCUT2D eigenvalue weighted by molar-refractivity contribution is -0.138. The second kappa shape index (κ2) is 7.22. The minimum Gasteiger partial charge on any atom is -0.351 e. The van der Waals surface area contributed by atoms with E-state index in [4.69, 9.17) is 9.57 Å². The number of aryl methyl sites for hydroxylation is 1. The molecule has 0 saturated carbocycles. The topological polar surface area (TPSA) is 128 Å². The number of ether oxygens (including phenoxy) is 1. The summed E-state index contributed by atoms with van der Waals surface area (Å²) in [5.41, 5.74) is -0.352. The lowest BCUT2D eigenvalue weighted by Gasteiger charge is -2.19. The SMILES string of the molecule is Cc1cn([C@H]2CC(C=O)[C@@H](CON3C(=O)c4ccccc4C3=O)O2)c(=O)[nH]c1=O. The Morgan fingerprint density at radius 3 is 2.45 bits per heavy atom. The Hall–Kier alpha value is -3.37. The van der Waals surface area contributed by atoms with Gasteiger partial charge in [-0.1, -0.05) is 12.1 Å². The second-order valence-corrected chi connectivity index (χ2v) is 6.89. The van der Waals surface area contributed by atoms with Gasteiger partial charge in [0.1, 0.15) is 19.1 Å². The van der Waals surface area contributed by atoms with E-state index in [-0.39, 0.29) is 24.2 Å². The van der Waals surface area contributed by atoms with Gasteiger partial charge in [-0.3, -0.25) is 28.8 Å². The van der Waals surface area contributed by atoms with Crippen molar-refractivity contribution in [2.45, 2.75) is 25.7 Å². The Morgan fingerprint density at radius 2 is 1.83 bits per heavy atom. The summed E-state index contributed by atoms with van der Waals surface area (Å²) >= 11 is 0. The standard InChI is InChI=1S/C19H17N3O7/c1-10-7-21(19(27)20-16(10)24)15-6-11(8-23)14(29-15)9-28-22-17(25)12-4-2-3-5-13(12)18(22)26/h2-5,7-8,11,14-15H,6,9H2,1H3,(H,20,24,27)/t11?,14-,15-/m1/s1. The number of carbonyl (C=O) groups is 3. The largest absolute Gasteiger partial charge is 0.351 e. The van der Waals surface area contributed by atoms with Crippen LogP contribution in [0.3, 0.4) is 0 Å². The van der Waals surface area contributed by atoms with E-state index in [0.29, 0.717) is 16.9 Å². The van der Waals surface area contributed by atoms with Crippen LogP contribution in [0.1, 0.15) is 38.9 Å². The fraction of sp³-hybridized carbons (Fsp3) is 0.316. The van der Waals surface area contributed by atoms with E-state index >= 15 is 0 Å². The van der Waals surface area contributed by atoms with Gasteiger partial charge in [-0.25, -0.2) is 4.79 Å². The quantitative estimate of drug-likeness (QED) is 0.561. The summed E-state index contributed by atoms with van der Waals surface area (Å²) in [4.78, 5) is 67.4. The van der Waals surface area contributed by atoms with Gasteiger partial charge in [-0.15, -0.1) is 5.06 Å². The molecule has 10 nitrogen and oxygen atoms in total. The van der Waals surface area contributed by atoms with E-state index < -0.39 is 41.3 Å². The summed E-state index contributed by atoms with van der Waals surface area (Å²) in [6, 6.07) is 6.34. The zero-order valence-electron chi connectivity index (χ0n) is 15.4. The summed E-state index contributed by atoms with van der Waals surface area (Å²) in [5, 5.41) is 0.652. The number of nitrogens with one attached hydrogen (secondary N) is 1. The number of amides is 2. The molecule has 2 aliphatic rings. The molecule has 1 N–H and O–H groups in total. The number of H-pyrrole nitrogens is 1. The van der Waals surface area contributed by atoms with Crippen molar-refractivity contribution in [3.63, 3.8) is 0 Å². The molecule has 1 unspecified atom stereocenters. The molecule has 2 aliphatic heterocycles. The van der Waals surface area contributed by atoms with Crippen LogP contribution in [0, 0.1) is 12.8 Å². The van der Waals surface area contributed by atoms with Gasteiger partial charge >= 0.3 is 5.69 Å². The van der Waals surface area contributed by atoms with Crippen LogP contribution in [0.4, 0.5) is 0 Å². The van der Waals surface area contributed by atoms with Crippen LogP contribution in [0.25, 0.3) is 0 Å². The fourth-order valence-electron chi connectivity index (χ4n) is 3.46. The number of rotatable bonds is 5. The number of hydrogen-bond acceptors (Lipinski definition) is 7. The minimum atomic E-state index is -0.788. The molecule has 1 aromatic heterocycles. The van der Waals surface area contributed by atoms with E-state index in [0.717, 1.165) is 0 Å². The fourth-order valence-corrected chi connectivity index (χ4v) is 3.46. The van der Waals surface area contributed by atoms with E-state index in [1.165, 1.54) is 22.9 Å². The number of hydroxylamine groups is 2. The van der Waals surface area contributed by atoms with Gasteiger partial charge in [0.15, 0.2) is 0 Å². The van der Waals surface area contributed by atoms with Crippen LogP contribution in [0.2, 0.25) is 0 Å². The zero-order valence-corrected chi connectivity index (χ0v) is 15.4. The molecule has 3 heterocycles. The number of carbonyl (C=O) groups excluding carboxylic acids is 3. The normalized spacial score (nSPS) is 23.5. The van der Waals surface area contributed by atoms with Crippen molar-refractivity contribution in [3.8, 4) is 0 Å². The number of fused-ring (bicyclic) bond motifs is 1. The third kappa shape index (κ3) is 3.22. The molecule has 3 atom stereocenters. The first-order chi connectivity index (χ1) is 13.9. The maximum absolute atomic E-state index is 12.4. The number of nitrogens with zero attached hydrogens (tertiary/aromatic N) is 2. The van der Waals surface area contributed by atoms with E-state index in [9.17, 15) is 24.0 Å². The van der Waals surface area contributed by atoms with Crippen LogP contribution in [-0.4, -0.2) is 45.4 Å². The van der Waals surface area contributed by atoms with Gasteiger partial charge in [-0.2, -0.15) is 0 Å². The van der Waals surface area contributed by atoms with Crippen molar-refractivity contribution in [2.75, 3.05) is 6.61 Å². The number of imide groups is 1. The van der Waals surface area contributed by atoms with Crippen molar-refractivity contribution in [1.29, 1.82) is 0 Å². The Kier molecular flexibility index (Phi) is 4.73. The van der Waals surface area contributed by atoms with Crippen LogP contribution in [-0.2, 0) is 14.4 Å². The highest BCUT2D eigenvalue weighted by molar-refractivity contribution is 6.20. The third-order valence-corrected chi connectivity index (χ3v) is 5.04.